The molecular formula is C19H32O. The summed E-state index contributed by atoms with van der Waals surface area (Å²) in [6.07, 6.45) is 13.6. The van der Waals surface area contributed by atoms with E-state index in [1.807, 2.05) is 0 Å². The molecule has 0 spiro atoms. The SMILES string of the molecule is C.CC12CCC3C4CCCCC4CCC3C1CCC2=O. The molecule has 4 fully saturated rings. The molecule has 0 amide bonds. The van der Waals surface area contributed by atoms with Gasteiger partial charge in [0.15, 0.2) is 0 Å². The number of hydrogen-bond acceptors (Lipinski definition) is 1. The zero-order valence-electron chi connectivity index (χ0n) is 12.4. The predicted molar refractivity (Wildman–Crippen MR) is 83.5 cm³/mol. The third-order valence-corrected chi connectivity index (χ3v) is 7.59. The number of rotatable bonds is 0. The minimum atomic E-state index is 0. The van der Waals surface area contributed by atoms with Crippen molar-refractivity contribution in [2.24, 2.45) is 35.0 Å². The lowest BCUT2D eigenvalue weighted by Crippen LogP contribution is -2.48. The lowest BCUT2D eigenvalue weighted by molar-refractivity contribution is -0.132. The largest absolute Gasteiger partial charge is 0.299 e. The Balaban J connectivity index is 0.00000121. The van der Waals surface area contributed by atoms with E-state index in [4.69, 9.17) is 0 Å². The summed E-state index contributed by atoms with van der Waals surface area (Å²) in [6.45, 7) is 2.30. The Morgan fingerprint density at radius 1 is 0.900 bits per heavy atom. The average Bonchev–Trinajstić information content (AvgIpc) is 2.75. The monoisotopic (exact) mass is 276 g/mol. The van der Waals surface area contributed by atoms with Crippen molar-refractivity contribution < 1.29 is 4.79 Å². The fourth-order valence-electron chi connectivity index (χ4n) is 6.60. The van der Waals surface area contributed by atoms with Crippen molar-refractivity contribution in [3.63, 3.8) is 0 Å². The van der Waals surface area contributed by atoms with E-state index in [-0.39, 0.29) is 12.8 Å². The van der Waals surface area contributed by atoms with E-state index in [0.717, 1.165) is 36.0 Å². The molecule has 4 saturated carbocycles. The Hall–Kier alpha value is -0.330. The molecule has 1 nitrogen and oxygen atoms in total. The van der Waals surface area contributed by atoms with Gasteiger partial charge in [0, 0.05) is 11.8 Å². The second-order valence-corrected chi connectivity index (χ2v) is 8.14. The fourth-order valence-corrected chi connectivity index (χ4v) is 6.60. The molecule has 0 aromatic carbocycles. The highest BCUT2D eigenvalue weighted by Crippen LogP contribution is 2.61. The van der Waals surface area contributed by atoms with Gasteiger partial charge in [0.05, 0.1) is 0 Å². The maximum Gasteiger partial charge on any atom is 0.139 e. The lowest BCUT2D eigenvalue weighted by atomic mass is 9.51. The summed E-state index contributed by atoms with van der Waals surface area (Å²) in [4.78, 5) is 12.3. The van der Waals surface area contributed by atoms with Crippen LogP contribution in [0.3, 0.4) is 0 Å². The van der Waals surface area contributed by atoms with Crippen molar-refractivity contribution in [2.45, 2.75) is 78.6 Å². The molecule has 114 valence electrons. The lowest BCUT2D eigenvalue weighted by Gasteiger charge is -2.54. The summed E-state index contributed by atoms with van der Waals surface area (Å²) in [5.74, 6) is 5.33. The van der Waals surface area contributed by atoms with Crippen molar-refractivity contribution in [2.75, 3.05) is 0 Å². The smallest absolute Gasteiger partial charge is 0.139 e. The molecule has 6 atom stereocenters. The number of Topliss-reactive ketones (excluding diaryl/α,β-unsaturated/α-hetero) is 1. The molecule has 0 heterocycles. The fraction of sp³-hybridized carbons (Fsp3) is 0.947. The Labute approximate surface area is 124 Å². The molecule has 0 aliphatic heterocycles. The van der Waals surface area contributed by atoms with Gasteiger partial charge in [-0.25, -0.2) is 0 Å². The van der Waals surface area contributed by atoms with Crippen molar-refractivity contribution in [3.05, 3.63) is 0 Å². The van der Waals surface area contributed by atoms with Crippen LogP contribution in [0.5, 0.6) is 0 Å². The predicted octanol–water partition coefficient (Wildman–Crippen LogP) is 5.23. The second-order valence-electron chi connectivity index (χ2n) is 8.14. The van der Waals surface area contributed by atoms with Gasteiger partial charge in [-0.3, -0.25) is 4.79 Å². The van der Waals surface area contributed by atoms with Crippen molar-refractivity contribution in [1.29, 1.82) is 0 Å². The maximum absolute atomic E-state index is 12.3. The van der Waals surface area contributed by atoms with Crippen LogP contribution in [0, 0.1) is 35.0 Å². The van der Waals surface area contributed by atoms with Crippen molar-refractivity contribution in [1.82, 2.24) is 0 Å². The van der Waals surface area contributed by atoms with Gasteiger partial charge in [-0.1, -0.05) is 33.6 Å². The first-order valence-electron chi connectivity index (χ1n) is 8.73. The maximum atomic E-state index is 12.3. The van der Waals surface area contributed by atoms with Gasteiger partial charge in [-0.15, -0.1) is 0 Å². The summed E-state index contributed by atoms with van der Waals surface area (Å²) >= 11 is 0. The standard InChI is InChI=1S/C18H28O.CH4/c1-18-11-10-14-13-5-3-2-4-12(13)6-7-15(14)16(18)8-9-17(18)19;/h12-16H,2-11H2,1H3;1H4. The van der Waals surface area contributed by atoms with Crippen LogP contribution in [0.4, 0.5) is 0 Å². The molecule has 0 bridgehead atoms. The number of carbonyl (C=O) groups excluding carboxylic acids is 1. The molecule has 4 rings (SSSR count). The Kier molecular flexibility index (Phi) is 3.75. The first-order chi connectivity index (χ1) is 9.20. The zero-order chi connectivity index (χ0) is 13.0. The molecule has 0 saturated heterocycles. The summed E-state index contributed by atoms with van der Waals surface area (Å²) in [5.41, 5.74) is 0.0860. The van der Waals surface area contributed by atoms with E-state index < -0.39 is 0 Å². The molecule has 0 radical (unpaired) electrons. The summed E-state index contributed by atoms with van der Waals surface area (Å²) < 4.78 is 0. The van der Waals surface area contributed by atoms with E-state index in [1.165, 1.54) is 57.8 Å². The van der Waals surface area contributed by atoms with E-state index in [0.29, 0.717) is 5.78 Å². The van der Waals surface area contributed by atoms with Crippen LogP contribution < -0.4 is 0 Å². The molecule has 6 unspecified atom stereocenters. The van der Waals surface area contributed by atoms with Crippen molar-refractivity contribution in [3.8, 4) is 0 Å². The van der Waals surface area contributed by atoms with Crippen LogP contribution in [-0.4, -0.2) is 5.78 Å². The quantitative estimate of drug-likeness (QED) is 0.591. The zero-order valence-corrected chi connectivity index (χ0v) is 12.4. The van der Waals surface area contributed by atoms with Crippen molar-refractivity contribution >= 4 is 5.78 Å². The van der Waals surface area contributed by atoms with Gasteiger partial charge < -0.3 is 0 Å². The first kappa shape index (κ1) is 14.6. The molecule has 1 heteroatoms. The molecule has 0 aromatic heterocycles. The van der Waals surface area contributed by atoms with Crippen LogP contribution in [0.15, 0.2) is 0 Å². The molecule has 4 aliphatic carbocycles. The topological polar surface area (TPSA) is 17.1 Å². The third-order valence-electron chi connectivity index (χ3n) is 7.59. The summed E-state index contributed by atoms with van der Waals surface area (Å²) in [6, 6.07) is 0. The Morgan fingerprint density at radius 2 is 1.70 bits per heavy atom. The van der Waals surface area contributed by atoms with Crippen LogP contribution >= 0.6 is 0 Å². The summed E-state index contributed by atoms with van der Waals surface area (Å²) in [5, 5.41) is 0. The summed E-state index contributed by atoms with van der Waals surface area (Å²) in [7, 11) is 0. The van der Waals surface area contributed by atoms with Gasteiger partial charge >= 0.3 is 0 Å². The van der Waals surface area contributed by atoms with E-state index in [2.05, 4.69) is 6.92 Å². The second kappa shape index (κ2) is 5.14. The van der Waals surface area contributed by atoms with E-state index in [1.54, 1.807) is 0 Å². The molecule has 4 aliphatic rings. The Morgan fingerprint density at radius 3 is 2.55 bits per heavy atom. The highest BCUT2D eigenvalue weighted by Gasteiger charge is 2.56. The number of ketones is 1. The first-order valence-corrected chi connectivity index (χ1v) is 8.73. The van der Waals surface area contributed by atoms with Crippen LogP contribution in [0.25, 0.3) is 0 Å². The van der Waals surface area contributed by atoms with Gasteiger partial charge in [-0.05, 0) is 68.1 Å². The highest BCUT2D eigenvalue weighted by atomic mass is 16.1. The van der Waals surface area contributed by atoms with Gasteiger partial charge in [0.1, 0.15) is 5.78 Å². The van der Waals surface area contributed by atoms with Gasteiger partial charge in [0.2, 0.25) is 0 Å². The average molecular weight is 276 g/mol. The number of hydrogen-bond donors (Lipinski definition) is 0. The minimum absolute atomic E-state index is 0. The Bertz CT molecular complexity index is 387. The van der Waals surface area contributed by atoms with Crippen LogP contribution in [0.1, 0.15) is 78.6 Å². The molecule has 0 N–H and O–H groups in total. The van der Waals surface area contributed by atoms with Crippen LogP contribution in [-0.2, 0) is 4.79 Å². The van der Waals surface area contributed by atoms with E-state index >= 15 is 0 Å². The number of fused-ring (bicyclic) bond motifs is 5. The van der Waals surface area contributed by atoms with E-state index in [9.17, 15) is 4.79 Å². The normalized spacial score (nSPS) is 50.6. The van der Waals surface area contributed by atoms with Gasteiger partial charge in [-0.2, -0.15) is 0 Å². The molecule has 0 aromatic rings. The van der Waals surface area contributed by atoms with Crippen LogP contribution in [0.2, 0.25) is 0 Å². The number of carbonyl (C=O) groups is 1. The minimum Gasteiger partial charge on any atom is -0.299 e. The third kappa shape index (κ3) is 1.91. The molecule has 20 heavy (non-hydrogen) atoms. The molecular weight excluding hydrogens is 244 g/mol. The highest BCUT2D eigenvalue weighted by molar-refractivity contribution is 5.87. The van der Waals surface area contributed by atoms with Gasteiger partial charge in [0.25, 0.3) is 0 Å².